The zero-order valence-corrected chi connectivity index (χ0v) is 14.9. The summed E-state index contributed by atoms with van der Waals surface area (Å²) in [6.07, 6.45) is 0. The molecule has 1 amide bonds. The van der Waals surface area contributed by atoms with Crippen LogP contribution in [0.25, 0.3) is 10.1 Å². The third kappa shape index (κ3) is 3.61. The minimum Gasteiger partial charge on any atom is -0.377 e. The SMILES string of the molecule is CCOCc1ccccc1CNC(=O)c1sc2ccccc2c1Cl. The third-order valence-corrected chi connectivity index (χ3v) is 5.43. The van der Waals surface area contributed by atoms with Crippen molar-refractivity contribution in [3.8, 4) is 0 Å². The number of hydrogen-bond acceptors (Lipinski definition) is 3. The van der Waals surface area contributed by atoms with Crippen molar-refractivity contribution >= 4 is 38.9 Å². The second kappa shape index (κ2) is 7.79. The molecule has 0 aliphatic heterocycles. The maximum Gasteiger partial charge on any atom is 0.263 e. The Morgan fingerprint density at radius 3 is 2.58 bits per heavy atom. The lowest BCUT2D eigenvalue weighted by molar-refractivity contribution is 0.0954. The smallest absolute Gasteiger partial charge is 0.263 e. The number of carbonyl (C=O) groups is 1. The molecule has 1 heterocycles. The first kappa shape index (κ1) is 17.0. The van der Waals surface area contributed by atoms with Gasteiger partial charge in [-0.05, 0) is 24.1 Å². The fraction of sp³-hybridized carbons (Fsp3) is 0.211. The van der Waals surface area contributed by atoms with Gasteiger partial charge in [-0.1, -0.05) is 54.1 Å². The summed E-state index contributed by atoms with van der Waals surface area (Å²) in [5.41, 5.74) is 2.14. The Morgan fingerprint density at radius 1 is 1.12 bits per heavy atom. The average Bonchev–Trinajstić information content (AvgIpc) is 2.96. The molecule has 3 aromatic rings. The zero-order chi connectivity index (χ0) is 16.9. The van der Waals surface area contributed by atoms with E-state index in [0.717, 1.165) is 21.2 Å². The van der Waals surface area contributed by atoms with Gasteiger partial charge in [0, 0.05) is 23.2 Å². The van der Waals surface area contributed by atoms with Crippen LogP contribution in [0.5, 0.6) is 0 Å². The summed E-state index contributed by atoms with van der Waals surface area (Å²) in [5, 5.41) is 4.41. The lowest BCUT2D eigenvalue weighted by atomic mass is 10.1. The Labute approximate surface area is 150 Å². The third-order valence-electron chi connectivity index (χ3n) is 3.76. The topological polar surface area (TPSA) is 38.3 Å². The number of amides is 1. The number of halogens is 1. The van der Waals surface area contributed by atoms with Crippen molar-refractivity contribution in [3.63, 3.8) is 0 Å². The summed E-state index contributed by atoms with van der Waals surface area (Å²) in [7, 11) is 0. The van der Waals surface area contributed by atoms with E-state index in [0.29, 0.717) is 29.7 Å². The second-order valence-corrected chi connectivity index (χ2v) is 6.76. The lowest BCUT2D eigenvalue weighted by Gasteiger charge is -2.10. The number of fused-ring (bicyclic) bond motifs is 1. The number of nitrogens with one attached hydrogen (secondary N) is 1. The molecular formula is C19H18ClNO2S. The predicted molar refractivity (Wildman–Crippen MR) is 99.8 cm³/mol. The summed E-state index contributed by atoms with van der Waals surface area (Å²) in [6, 6.07) is 15.7. The van der Waals surface area contributed by atoms with Gasteiger partial charge in [-0.2, -0.15) is 0 Å². The van der Waals surface area contributed by atoms with Gasteiger partial charge >= 0.3 is 0 Å². The fourth-order valence-electron chi connectivity index (χ4n) is 2.50. The first-order valence-electron chi connectivity index (χ1n) is 7.80. The lowest BCUT2D eigenvalue weighted by Crippen LogP contribution is -2.22. The molecule has 124 valence electrons. The van der Waals surface area contributed by atoms with Crippen LogP contribution in [-0.4, -0.2) is 12.5 Å². The maximum absolute atomic E-state index is 12.5. The highest BCUT2D eigenvalue weighted by atomic mass is 35.5. The fourth-order valence-corrected chi connectivity index (χ4v) is 3.93. The van der Waals surface area contributed by atoms with E-state index < -0.39 is 0 Å². The summed E-state index contributed by atoms with van der Waals surface area (Å²) in [6.45, 7) is 3.63. The molecule has 2 aromatic carbocycles. The molecule has 0 fully saturated rings. The number of hydrogen-bond donors (Lipinski definition) is 1. The molecule has 1 N–H and O–H groups in total. The number of ether oxygens (including phenoxy) is 1. The van der Waals surface area contributed by atoms with E-state index in [1.54, 1.807) is 0 Å². The normalized spacial score (nSPS) is 10.9. The van der Waals surface area contributed by atoms with Crippen LogP contribution in [0, 0.1) is 0 Å². The van der Waals surface area contributed by atoms with Crippen LogP contribution < -0.4 is 5.32 Å². The largest absolute Gasteiger partial charge is 0.377 e. The van der Waals surface area contributed by atoms with Crippen molar-refractivity contribution < 1.29 is 9.53 Å². The van der Waals surface area contributed by atoms with E-state index in [1.165, 1.54) is 11.3 Å². The van der Waals surface area contributed by atoms with Crippen LogP contribution in [0.2, 0.25) is 5.02 Å². The van der Waals surface area contributed by atoms with Gasteiger partial charge in [0.15, 0.2) is 0 Å². The van der Waals surface area contributed by atoms with Gasteiger partial charge in [0.05, 0.1) is 11.6 Å². The van der Waals surface area contributed by atoms with Crippen molar-refractivity contribution in [2.45, 2.75) is 20.1 Å². The van der Waals surface area contributed by atoms with Crippen molar-refractivity contribution in [1.82, 2.24) is 5.32 Å². The summed E-state index contributed by atoms with van der Waals surface area (Å²) >= 11 is 7.78. The van der Waals surface area contributed by atoms with E-state index in [1.807, 2.05) is 55.5 Å². The van der Waals surface area contributed by atoms with Crippen LogP contribution in [0.15, 0.2) is 48.5 Å². The zero-order valence-electron chi connectivity index (χ0n) is 13.3. The molecule has 0 saturated carbocycles. The van der Waals surface area contributed by atoms with E-state index >= 15 is 0 Å². The van der Waals surface area contributed by atoms with Gasteiger partial charge in [0.2, 0.25) is 0 Å². The highest BCUT2D eigenvalue weighted by Gasteiger charge is 2.16. The quantitative estimate of drug-likeness (QED) is 0.671. The van der Waals surface area contributed by atoms with Gasteiger partial charge in [0.1, 0.15) is 4.88 Å². The summed E-state index contributed by atoms with van der Waals surface area (Å²) in [4.78, 5) is 13.1. The van der Waals surface area contributed by atoms with Crippen molar-refractivity contribution in [1.29, 1.82) is 0 Å². The van der Waals surface area contributed by atoms with Crippen LogP contribution in [0.1, 0.15) is 27.7 Å². The molecule has 0 aliphatic rings. The molecule has 3 rings (SSSR count). The molecule has 0 aliphatic carbocycles. The van der Waals surface area contributed by atoms with E-state index in [9.17, 15) is 4.79 Å². The molecule has 24 heavy (non-hydrogen) atoms. The average molecular weight is 360 g/mol. The van der Waals surface area contributed by atoms with Crippen LogP contribution in [0.4, 0.5) is 0 Å². The number of rotatable bonds is 6. The maximum atomic E-state index is 12.5. The molecule has 0 unspecified atom stereocenters. The highest BCUT2D eigenvalue weighted by molar-refractivity contribution is 7.21. The monoisotopic (exact) mass is 359 g/mol. The molecule has 5 heteroatoms. The van der Waals surface area contributed by atoms with E-state index in [2.05, 4.69) is 5.32 Å². The Balaban J connectivity index is 1.74. The first-order valence-corrected chi connectivity index (χ1v) is 9.00. The van der Waals surface area contributed by atoms with Crippen molar-refractivity contribution in [2.75, 3.05) is 6.61 Å². The first-order chi connectivity index (χ1) is 11.7. The molecule has 0 bridgehead atoms. The Hall–Kier alpha value is -1.88. The van der Waals surface area contributed by atoms with Crippen molar-refractivity contribution in [2.24, 2.45) is 0 Å². The number of thiophene rings is 1. The predicted octanol–water partition coefficient (Wildman–Crippen LogP) is 5.02. The Kier molecular flexibility index (Phi) is 5.51. The molecule has 0 atom stereocenters. The van der Waals surface area contributed by atoms with Gasteiger partial charge in [-0.25, -0.2) is 0 Å². The van der Waals surface area contributed by atoms with Gasteiger partial charge in [0.25, 0.3) is 5.91 Å². The minimum atomic E-state index is -0.146. The summed E-state index contributed by atoms with van der Waals surface area (Å²) < 4.78 is 6.50. The second-order valence-electron chi connectivity index (χ2n) is 5.33. The van der Waals surface area contributed by atoms with Crippen LogP contribution in [-0.2, 0) is 17.9 Å². The van der Waals surface area contributed by atoms with E-state index in [-0.39, 0.29) is 5.91 Å². The van der Waals surface area contributed by atoms with E-state index in [4.69, 9.17) is 16.3 Å². The number of carbonyl (C=O) groups excluding carboxylic acids is 1. The molecule has 0 radical (unpaired) electrons. The Bertz CT molecular complexity index is 859. The van der Waals surface area contributed by atoms with Crippen molar-refractivity contribution in [3.05, 3.63) is 69.6 Å². The molecule has 1 aromatic heterocycles. The van der Waals surface area contributed by atoms with Gasteiger partial charge < -0.3 is 10.1 Å². The Morgan fingerprint density at radius 2 is 1.83 bits per heavy atom. The standard InChI is InChI=1S/C19H18ClNO2S/c1-2-23-12-14-8-4-3-7-13(14)11-21-19(22)18-17(20)15-9-5-6-10-16(15)24-18/h3-10H,2,11-12H2,1H3,(H,21,22). The molecule has 0 spiro atoms. The van der Waals surface area contributed by atoms with Gasteiger partial charge in [-0.3, -0.25) is 4.79 Å². The summed E-state index contributed by atoms with van der Waals surface area (Å²) in [5.74, 6) is -0.146. The number of benzene rings is 2. The van der Waals surface area contributed by atoms with Crippen LogP contribution >= 0.6 is 22.9 Å². The highest BCUT2D eigenvalue weighted by Crippen LogP contribution is 2.35. The molecule has 3 nitrogen and oxygen atoms in total. The molecular weight excluding hydrogens is 342 g/mol. The van der Waals surface area contributed by atoms with Crippen LogP contribution in [0.3, 0.4) is 0 Å². The molecule has 0 saturated heterocycles. The minimum absolute atomic E-state index is 0.146. The van der Waals surface area contributed by atoms with Gasteiger partial charge in [-0.15, -0.1) is 11.3 Å².